The van der Waals surface area contributed by atoms with Gasteiger partial charge in [-0.05, 0) is 49.8 Å². The molecule has 4 heteroatoms. The zero-order valence-electron chi connectivity index (χ0n) is 12.4. The highest BCUT2D eigenvalue weighted by molar-refractivity contribution is 6.35. The first-order valence-electron chi connectivity index (χ1n) is 7.70. The number of cyclic esters (lactones) is 1. The van der Waals surface area contributed by atoms with E-state index in [2.05, 4.69) is 0 Å². The van der Waals surface area contributed by atoms with E-state index in [1.807, 2.05) is 19.1 Å². The molecule has 1 fully saturated rings. The van der Waals surface area contributed by atoms with Gasteiger partial charge >= 0.3 is 5.97 Å². The fourth-order valence-electron chi connectivity index (χ4n) is 2.76. The van der Waals surface area contributed by atoms with E-state index >= 15 is 0 Å². The summed E-state index contributed by atoms with van der Waals surface area (Å²) < 4.78 is 5.31. The maximum absolute atomic E-state index is 11.3. The fourth-order valence-corrected chi connectivity index (χ4v) is 3.26. The van der Waals surface area contributed by atoms with Crippen LogP contribution in [0.25, 0.3) is 0 Å². The molecule has 0 N–H and O–H groups in total. The Morgan fingerprint density at radius 1 is 1.19 bits per heavy atom. The Balaban J connectivity index is 1.57. The summed E-state index contributed by atoms with van der Waals surface area (Å²) >= 11 is 12.0. The topological polar surface area (TPSA) is 26.3 Å². The lowest BCUT2D eigenvalue weighted by Gasteiger charge is -2.08. The van der Waals surface area contributed by atoms with Crippen molar-refractivity contribution in [1.82, 2.24) is 0 Å². The quantitative estimate of drug-likeness (QED) is 0.492. The summed E-state index contributed by atoms with van der Waals surface area (Å²) in [4.78, 5) is 11.3. The van der Waals surface area contributed by atoms with Crippen molar-refractivity contribution in [2.24, 2.45) is 5.92 Å². The van der Waals surface area contributed by atoms with Crippen molar-refractivity contribution < 1.29 is 9.53 Å². The van der Waals surface area contributed by atoms with Crippen LogP contribution in [-0.4, -0.2) is 12.1 Å². The highest BCUT2D eigenvalue weighted by atomic mass is 35.5. The second-order valence-electron chi connectivity index (χ2n) is 5.88. The molecule has 1 aromatic carbocycles. The number of benzene rings is 1. The summed E-state index contributed by atoms with van der Waals surface area (Å²) in [5.41, 5.74) is 1.17. The van der Waals surface area contributed by atoms with Gasteiger partial charge in [-0.15, -0.1) is 0 Å². The number of carbonyl (C=O) groups excluding carboxylic acids is 1. The summed E-state index contributed by atoms with van der Waals surface area (Å²) in [6, 6.07) is 5.69. The van der Waals surface area contributed by atoms with Crippen molar-refractivity contribution in [2.45, 2.75) is 58.0 Å². The second kappa shape index (κ2) is 8.05. The molecule has 0 aromatic heterocycles. The van der Waals surface area contributed by atoms with E-state index in [1.165, 1.54) is 18.4 Å². The molecule has 1 saturated heterocycles. The Labute approximate surface area is 136 Å². The molecule has 1 aliphatic heterocycles. The fraction of sp³-hybridized carbons (Fsp3) is 0.588. The Kier molecular flexibility index (Phi) is 6.38. The number of rotatable bonds is 7. The molecular weight excluding hydrogens is 307 g/mol. The van der Waals surface area contributed by atoms with Gasteiger partial charge in [-0.2, -0.15) is 0 Å². The minimum Gasteiger partial charge on any atom is -0.462 e. The molecule has 2 atom stereocenters. The molecule has 116 valence electrons. The van der Waals surface area contributed by atoms with Gasteiger partial charge in [-0.3, -0.25) is 4.79 Å². The van der Waals surface area contributed by atoms with E-state index in [9.17, 15) is 4.79 Å². The van der Waals surface area contributed by atoms with Gasteiger partial charge in [0.25, 0.3) is 0 Å². The largest absolute Gasteiger partial charge is 0.462 e. The normalized spacial score (nSPS) is 21.6. The minimum absolute atomic E-state index is 0.0302. The zero-order chi connectivity index (χ0) is 15.2. The van der Waals surface area contributed by atoms with Gasteiger partial charge in [-0.1, -0.05) is 49.0 Å². The highest BCUT2D eigenvalue weighted by Crippen LogP contribution is 2.25. The van der Waals surface area contributed by atoms with Crippen LogP contribution in [0.1, 0.15) is 51.0 Å². The lowest BCUT2D eigenvalue weighted by atomic mass is 10.0. The van der Waals surface area contributed by atoms with Crippen molar-refractivity contribution in [1.29, 1.82) is 0 Å². The van der Waals surface area contributed by atoms with Crippen molar-refractivity contribution >= 4 is 29.2 Å². The van der Waals surface area contributed by atoms with Crippen LogP contribution < -0.4 is 0 Å². The number of halogens is 2. The molecule has 1 heterocycles. The van der Waals surface area contributed by atoms with Crippen molar-refractivity contribution in [3.05, 3.63) is 33.8 Å². The number of carbonyl (C=O) groups is 1. The highest BCUT2D eigenvalue weighted by Gasteiger charge is 2.30. The third-order valence-corrected chi connectivity index (χ3v) is 4.63. The predicted molar refractivity (Wildman–Crippen MR) is 86.9 cm³/mol. The third kappa shape index (κ3) is 5.19. The SMILES string of the molecule is CC1CC(CCCCCCc2ccc(Cl)cc2Cl)OC1=O. The van der Waals surface area contributed by atoms with Crippen LogP contribution in [-0.2, 0) is 16.0 Å². The number of aryl methyl sites for hydroxylation is 1. The average molecular weight is 329 g/mol. The standard InChI is InChI=1S/C17H22Cl2O2/c1-12-10-15(21-17(12)20)7-5-3-2-4-6-13-8-9-14(18)11-16(13)19/h8-9,11-12,15H,2-7,10H2,1H3. The predicted octanol–water partition coefficient (Wildman–Crippen LogP) is 5.44. The van der Waals surface area contributed by atoms with Gasteiger partial charge in [0.1, 0.15) is 6.10 Å². The van der Waals surface area contributed by atoms with Gasteiger partial charge in [0.2, 0.25) is 0 Å². The molecule has 0 bridgehead atoms. The lowest BCUT2D eigenvalue weighted by Crippen LogP contribution is -2.06. The van der Waals surface area contributed by atoms with E-state index in [0.717, 1.165) is 37.1 Å². The first-order chi connectivity index (χ1) is 10.1. The van der Waals surface area contributed by atoms with Crippen LogP contribution in [0.2, 0.25) is 10.0 Å². The molecule has 2 unspecified atom stereocenters. The molecule has 0 saturated carbocycles. The van der Waals surface area contributed by atoms with E-state index in [0.29, 0.717) is 5.02 Å². The number of esters is 1. The van der Waals surface area contributed by atoms with Gasteiger partial charge in [0, 0.05) is 10.0 Å². The van der Waals surface area contributed by atoms with E-state index in [4.69, 9.17) is 27.9 Å². The Morgan fingerprint density at radius 2 is 1.95 bits per heavy atom. The average Bonchev–Trinajstić information content (AvgIpc) is 2.75. The summed E-state index contributed by atoms with van der Waals surface area (Å²) in [7, 11) is 0. The first-order valence-corrected chi connectivity index (χ1v) is 8.46. The van der Waals surface area contributed by atoms with Crippen LogP contribution >= 0.6 is 23.2 Å². The molecular formula is C17H22Cl2O2. The van der Waals surface area contributed by atoms with Crippen molar-refractivity contribution in [3.8, 4) is 0 Å². The number of hydrogen-bond donors (Lipinski definition) is 0. The van der Waals surface area contributed by atoms with Gasteiger partial charge < -0.3 is 4.74 Å². The van der Waals surface area contributed by atoms with Crippen LogP contribution in [0.3, 0.4) is 0 Å². The molecule has 21 heavy (non-hydrogen) atoms. The van der Waals surface area contributed by atoms with E-state index in [1.54, 1.807) is 6.07 Å². The first kappa shape index (κ1) is 16.6. The van der Waals surface area contributed by atoms with Crippen molar-refractivity contribution in [2.75, 3.05) is 0 Å². The summed E-state index contributed by atoms with van der Waals surface area (Å²) in [5, 5.41) is 1.44. The molecule has 1 aliphatic rings. The maximum Gasteiger partial charge on any atom is 0.309 e. The van der Waals surface area contributed by atoms with E-state index in [-0.39, 0.29) is 18.0 Å². The van der Waals surface area contributed by atoms with Crippen LogP contribution in [0.5, 0.6) is 0 Å². The number of ether oxygens (including phenoxy) is 1. The lowest BCUT2D eigenvalue weighted by molar-refractivity contribution is -0.144. The van der Waals surface area contributed by atoms with Gasteiger partial charge in [0.15, 0.2) is 0 Å². The van der Waals surface area contributed by atoms with Crippen LogP contribution in [0.4, 0.5) is 0 Å². The molecule has 2 nitrogen and oxygen atoms in total. The molecule has 0 amide bonds. The molecule has 0 aliphatic carbocycles. The monoisotopic (exact) mass is 328 g/mol. The zero-order valence-corrected chi connectivity index (χ0v) is 13.9. The Morgan fingerprint density at radius 3 is 2.62 bits per heavy atom. The minimum atomic E-state index is -0.0302. The Hall–Kier alpha value is -0.730. The second-order valence-corrected chi connectivity index (χ2v) is 6.73. The Bertz CT molecular complexity index is 488. The molecule has 2 rings (SSSR count). The van der Waals surface area contributed by atoms with Gasteiger partial charge in [-0.25, -0.2) is 0 Å². The number of unbranched alkanes of at least 4 members (excludes halogenated alkanes) is 3. The summed E-state index contributed by atoms with van der Waals surface area (Å²) in [6.07, 6.45) is 7.63. The summed E-state index contributed by atoms with van der Waals surface area (Å²) in [5.74, 6) is 0.0550. The third-order valence-electron chi connectivity index (χ3n) is 4.04. The van der Waals surface area contributed by atoms with E-state index < -0.39 is 0 Å². The molecule has 0 spiro atoms. The van der Waals surface area contributed by atoms with Crippen LogP contribution in [0, 0.1) is 5.92 Å². The molecule has 0 radical (unpaired) electrons. The smallest absolute Gasteiger partial charge is 0.309 e. The van der Waals surface area contributed by atoms with Gasteiger partial charge in [0.05, 0.1) is 5.92 Å². The summed E-state index contributed by atoms with van der Waals surface area (Å²) in [6.45, 7) is 1.94. The molecule has 1 aromatic rings. The van der Waals surface area contributed by atoms with Crippen molar-refractivity contribution in [3.63, 3.8) is 0 Å². The maximum atomic E-state index is 11.3. The van der Waals surface area contributed by atoms with Crippen LogP contribution in [0.15, 0.2) is 18.2 Å². The number of hydrogen-bond acceptors (Lipinski definition) is 2.